The van der Waals surface area contributed by atoms with Crippen molar-refractivity contribution in [3.8, 4) is 0 Å². The second-order valence-corrected chi connectivity index (χ2v) is 3.31. The summed E-state index contributed by atoms with van der Waals surface area (Å²) in [5.41, 5.74) is 0. The van der Waals surface area contributed by atoms with E-state index >= 15 is 0 Å². The Balaban J connectivity index is -0.000000480. The van der Waals surface area contributed by atoms with Crippen LogP contribution < -0.4 is 16.0 Å². The van der Waals surface area contributed by atoms with Crippen LogP contribution >= 0.6 is 37.2 Å². The minimum Gasteiger partial charge on any atom is -0.315 e. The average molecular weight is 281 g/mol. The van der Waals surface area contributed by atoms with Gasteiger partial charge in [-0.2, -0.15) is 0 Å². The summed E-state index contributed by atoms with van der Waals surface area (Å²) in [5, 5.41) is 10.2. The molecular formula is C9H24Cl3N3. The van der Waals surface area contributed by atoms with Crippen LogP contribution in [0.5, 0.6) is 0 Å². The molecule has 0 amide bonds. The van der Waals surface area contributed by atoms with E-state index in [1.165, 1.54) is 32.4 Å². The van der Waals surface area contributed by atoms with Crippen LogP contribution in [0.4, 0.5) is 0 Å². The van der Waals surface area contributed by atoms with Crippen molar-refractivity contribution in [2.24, 2.45) is 0 Å². The standard InChI is InChI=1S/C9H21N3.3ClH/c1-2-4-10-6-8-12-9-7-11-5-3-1;;;/h10-12H,1-9H2;3*1H. The molecule has 1 aliphatic rings. The Morgan fingerprint density at radius 3 is 1.13 bits per heavy atom. The highest BCUT2D eigenvalue weighted by Crippen LogP contribution is 1.91. The topological polar surface area (TPSA) is 36.1 Å². The Hall–Kier alpha value is 0.750. The molecule has 0 unspecified atom stereocenters. The van der Waals surface area contributed by atoms with Crippen molar-refractivity contribution < 1.29 is 0 Å². The normalized spacial score (nSPS) is 19.2. The summed E-state index contributed by atoms with van der Waals surface area (Å²) >= 11 is 0. The largest absolute Gasteiger partial charge is 0.315 e. The van der Waals surface area contributed by atoms with E-state index in [1.54, 1.807) is 0 Å². The van der Waals surface area contributed by atoms with E-state index in [9.17, 15) is 0 Å². The Bertz CT molecular complexity index is 63.6. The summed E-state index contributed by atoms with van der Waals surface area (Å²) in [6, 6.07) is 0. The van der Waals surface area contributed by atoms with Gasteiger partial charge >= 0.3 is 0 Å². The summed E-state index contributed by atoms with van der Waals surface area (Å²) in [7, 11) is 0. The molecule has 96 valence electrons. The van der Waals surface area contributed by atoms with E-state index in [1.807, 2.05) is 0 Å². The van der Waals surface area contributed by atoms with Gasteiger partial charge < -0.3 is 16.0 Å². The van der Waals surface area contributed by atoms with Gasteiger partial charge in [0.05, 0.1) is 0 Å². The molecule has 1 fully saturated rings. The zero-order valence-corrected chi connectivity index (χ0v) is 11.5. The van der Waals surface area contributed by atoms with Gasteiger partial charge in [0.2, 0.25) is 0 Å². The molecule has 1 saturated heterocycles. The maximum Gasteiger partial charge on any atom is 0.00772 e. The lowest BCUT2D eigenvalue weighted by Crippen LogP contribution is -2.34. The fraction of sp³-hybridized carbons (Fsp3) is 1.00. The second-order valence-electron chi connectivity index (χ2n) is 3.31. The SMILES string of the molecule is C1CCNCCNCCNCC1.Cl.Cl.Cl. The number of halogens is 3. The van der Waals surface area contributed by atoms with E-state index in [0.717, 1.165) is 26.2 Å². The molecule has 0 atom stereocenters. The Morgan fingerprint density at radius 2 is 0.733 bits per heavy atom. The third kappa shape index (κ3) is 14.8. The van der Waals surface area contributed by atoms with Crippen LogP contribution in [0.15, 0.2) is 0 Å². The highest BCUT2D eigenvalue weighted by Gasteiger charge is 1.93. The second kappa shape index (κ2) is 17.2. The monoisotopic (exact) mass is 279 g/mol. The van der Waals surface area contributed by atoms with Gasteiger partial charge in [-0.25, -0.2) is 0 Å². The van der Waals surface area contributed by atoms with E-state index in [2.05, 4.69) is 16.0 Å². The maximum absolute atomic E-state index is 3.42. The van der Waals surface area contributed by atoms with E-state index in [0.29, 0.717) is 0 Å². The average Bonchev–Trinajstić information content (AvgIpc) is 2.05. The third-order valence-electron chi connectivity index (χ3n) is 2.16. The molecule has 3 N–H and O–H groups in total. The molecule has 0 aliphatic carbocycles. The van der Waals surface area contributed by atoms with Gasteiger partial charge in [0.1, 0.15) is 0 Å². The predicted octanol–water partition coefficient (Wildman–Crippen LogP) is 1.20. The van der Waals surface area contributed by atoms with Gasteiger partial charge in [0.25, 0.3) is 0 Å². The maximum atomic E-state index is 3.42. The summed E-state index contributed by atoms with van der Waals surface area (Å²) in [6.07, 6.45) is 4.00. The van der Waals surface area contributed by atoms with Crippen molar-refractivity contribution in [3.63, 3.8) is 0 Å². The summed E-state index contributed by atoms with van der Waals surface area (Å²) in [5.74, 6) is 0. The predicted molar refractivity (Wildman–Crippen MR) is 74.2 cm³/mol. The quantitative estimate of drug-likeness (QED) is 0.624. The minimum absolute atomic E-state index is 0. The first kappa shape index (κ1) is 21.1. The van der Waals surface area contributed by atoms with E-state index in [4.69, 9.17) is 0 Å². The fourth-order valence-electron chi connectivity index (χ4n) is 1.41. The number of hydrogen-bond donors (Lipinski definition) is 3. The molecular weight excluding hydrogens is 256 g/mol. The lowest BCUT2D eigenvalue weighted by Gasteiger charge is -2.10. The molecule has 1 rings (SSSR count). The number of hydrogen-bond acceptors (Lipinski definition) is 3. The van der Waals surface area contributed by atoms with Gasteiger partial charge in [0, 0.05) is 26.2 Å². The van der Waals surface area contributed by atoms with Gasteiger partial charge in [-0.1, -0.05) is 6.42 Å². The van der Waals surface area contributed by atoms with Crippen molar-refractivity contribution in [3.05, 3.63) is 0 Å². The Morgan fingerprint density at radius 1 is 0.400 bits per heavy atom. The first-order valence-electron chi connectivity index (χ1n) is 5.12. The number of rotatable bonds is 0. The Labute approximate surface area is 112 Å². The molecule has 6 heteroatoms. The summed E-state index contributed by atoms with van der Waals surface area (Å²) in [6.45, 7) is 6.78. The molecule has 15 heavy (non-hydrogen) atoms. The van der Waals surface area contributed by atoms with E-state index < -0.39 is 0 Å². The highest BCUT2D eigenvalue weighted by molar-refractivity contribution is 5.86. The molecule has 3 nitrogen and oxygen atoms in total. The van der Waals surface area contributed by atoms with Crippen molar-refractivity contribution in [2.75, 3.05) is 39.3 Å². The molecule has 0 spiro atoms. The number of nitrogens with one attached hydrogen (secondary N) is 3. The van der Waals surface area contributed by atoms with Crippen LogP contribution in [0.2, 0.25) is 0 Å². The van der Waals surface area contributed by atoms with Crippen LogP contribution in [-0.2, 0) is 0 Å². The van der Waals surface area contributed by atoms with E-state index in [-0.39, 0.29) is 37.2 Å². The first-order valence-corrected chi connectivity index (χ1v) is 5.12. The molecule has 0 saturated carbocycles. The van der Waals surface area contributed by atoms with Gasteiger partial charge in [-0.05, 0) is 25.9 Å². The van der Waals surface area contributed by atoms with Gasteiger partial charge in [-0.3, -0.25) is 0 Å². The zero-order valence-electron chi connectivity index (χ0n) is 9.09. The van der Waals surface area contributed by atoms with Crippen LogP contribution in [0.25, 0.3) is 0 Å². The lowest BCUT2D eigenvalue weighted by molar-refractivity contribution is 0.527. The van der Waals surface area contributed by atoms with Crippen LogP contribution in [0.3, 0.4) is 0 Å². The first-order chi connectivity index (χ1) is 6.00. The van der Waals surface area contributed by atoms with Gasteiger partial charge in [0.15, 0.2) is 0 Å². The van der Waals surface area contributed by atoms with Crippen LogP contribution in [0, 0.1) is 0 Å². The van der Waals surface area contributed by atoms with Gasteiger partial charge in [-0.15, -0.1) is 37.2 Å². The molecule has 0 radical (unpaired) electrons. The molecule has 0 aromatic rings. The molecule has 0 bridgehead atoms. The third-order valence-corrected chi connectivity index (χ3v) is 2.16. The zero-order chi connectivity index (χ0) is 8.49. The Kier molecular flexibility index (Phi) is 24.1. The minimum atomic E-state index is 0. The van der Waals surface area contributed by atoms with Crippen LogP contribution in [-0.4, -0.2) is 39.3 Å². The van der Waals surface area contributed by atoms with Crippen molar-refractivity contribution in [2.45, 2.75) is 19.3 Å². The fourth-order valence-corrected chi connectivity index (χ4v) is 1.41. The lowest BCUT2D eigenvalue weighted by atomic mass is 10.2. The molecule has 1 heterocycles. The summed E-state index contributed by atoms with van der Waals surface area (Å²) in [4.78, 5) is 0. The van der Waals surface area contributed by atoms with Crippen molar-refractivity contribution >= 4 is 37.2 Å². The van der Waals surface area contributed by atoms with Crippen molar-refractivity contribution in [1.82, 2.24) is 16.0 Å². The highest BCUT2D eigenvalue weighted by atomic mass is 35.5. The van der Waals surface area contributed by atoms with Crippen LogP contribution in [0.1, 0.15) is 19.3 Å². The molecule has 0 aromatic heterocycles. The molecule has 0 aromatic carbocycles. The molecule has 1 aliphatic heterocycles. The van der Waals surface area contributed by atoms with Crippen molar-refractivity contribution in [1.29, 1.82) is 0 Å². The summed E-state index contributed by atoms with van der Waals surface area (Å²) < 4.78 is 0. The smallest absolute Gasteiger partial charge is 0.00772 e.